The fourth-order valence-corrected chi connectivity index (χ4v) is 3.41. The molecule has 2 heterocycles. The number of hydrogen-bond donors (Lipinski definition) is 3. The van der Waals surface area contributed by atoms with Crippen LogP contribution in [0.1, 0.15) is 24.2 Å². The standard InChI is InChI=1S/C19H18FN3O/c1-11-18-13(12-6-2-4-8-15(12)22-18)10-17(21-11)19(24)23-16-9-5-3-7-14(16)20/h2-9,11,17,21-22H,10H2,1H3,(H,23,24). The van der Waals surface area contributed by atoms with Gasteiger partial charge in [0.05, 0.1) is 11.7 Å². The second-order valence-electron chi connectivity index (χ2n) is 6.18. The summed E-state index contributed by atoms with van der Waals surface area (Å²) in [6, 6.07) is 13.9. The van der Waals surface area contributed by atoms with Crippen LogP contribution in [0.5, 0.6) is 0 Å². The summed E-state index contributed by atoms with van der Waals surface area (Å²) in [5.41, 5.74) is 3.56. The van der Waals surface area contributed by atoms with Gasteiger partial charge < -0.3 is 10.3 Å². The summed E-state index contributed by atoms with van der Waals surface area (Å²) in [7, 11) is 0. The van der Waals surface area contributed by atoms with Gasteiger partial charge in [-0.05, 0) is 37.1 Å². The predicted molar refractivity (Wildman–Crippen MR) is 92.4 cm³/mol. The molecule has 0 saturated carbocycles. The van der Waals surface area contributed by atoms with Gasteiger partial charge >= 0.3 is 0 Å². The van der Waals surface area contributed by atoms with Crippen molar-refractivity contribution in [2.75, 3.05) is 5.32 Å². The molecule has 0 spiro atoms. The zero-order valence-corrected chi connectivity index (χ0v) is 13.3. The van der Waals surface area contributed by atoms with Gasteiger partial charge in [0, 0.05) is 22.6 Å². The Labute approximate surface area is 139 Å². The average molecular weight is 323 g/mol. The Balaban J connectivity index is 1.62. The number of carbonyl (C=O) groups is 1. The van der Waals surface area contributed by atoms with Crippen LogP contribution in [0.15, 0.2) is 48.5 Å². The van der Waals surface area contributed by atoms with Crippen molar-refractivity contribution < 1.29 is 9.18 Å². The molecule has 1 aliphatic heterocycles. The van der Waals surface area contributed by atoms with Crippen molar-refractivity contribution in [1.82, 2.24) is 10.3 Å². The van der Waals surface area contributed by atoms with Crippen LogP contribution in [-0.4, -0.2) is 16.9 Å². The highest BCUT2D eigenvalue weighted by atomic mass is 19.1. The van der Waals surface area contributed by atoms with Gasteiger partial charge in [0.15, 0.2) is 0 Å². The number of aromatic nitrogens is 1. The average Bonchev–Trinajstić information content (AvgIpc) is 2.96. The Morgan fingerprint density at radius 2 is 1.92 bits per heavy atom. The third-order valence-electron chi connectivity index (χ3n) is 4.59. The SMILES string of the molecule is CC1NC(C(=O)Nc2ccccc2F)Cc2c1[nH]c1ccccc21. The van der Waals surface area contributed by atoms with Gasteiger partial charge in [-0.3, -0.25) is 10.1 Å². The summed E-state index contributed by atoms with van der Waals surface area (Å²) < 4.78 is 13.8. The highest BCUT2D eigenvalue weighted by Gasteiger charge is 2.31. The molecule has 3 aromatic rings. The first-order chi connectivity index (χ1) is 11.6. The monoisotopic (exact) mass is 323 g/mol. The van der Waals surface area contributed by atoms with Crippen molar-refractivity contribution in [3.63, 3.8) is 0 Å². The van der Waals surface area contributed by atoms with Gasteiger partial charge in [-0.1, -0.05) is 30.3 Å². The largest absolute Gasteiger partial charge is 0.357 e. The summed E-state index contributed by atoms with van der Waals surface area (Å²) in [6.07, 6.45) is 0.573. The summed E-state index contributed by atoms with van der Waals surface area (Å²) in [6.45, 7) is 2.02. The normalized spacial score (nSPS) is 19.9. The maximum absolute atomic E-state index is 13.8. The van der Waals surface area contributed by atoms with Crippen molar-refractivity contribution in [3.8, 4) is 0 Å². The van der Waals surface area contributed by atoms with Crippen LogP contribution in [-0.2, 0) is 11.2 Å². The van der Waals surface area contributed by atoms with E-state index in [1.165, 1.54) is 6.07 Å². The van der Waals surface area contributed by atoms with Crippen LogP contribution >= 0.6 is 0 Å². The van der Waals surface area contributed by atoms with Gasteiger partial charge in [-0.25, -0.2) is 4.39 Å². The number of fused-ring (bicyclic) bond motifs is 3. The fourth-order valence-electron chi connectivity index (χ4n) is 3.41. The van der Waals surface area contributed by atoms with E-state index in [1.54, 1.807) is 18.2 Å². The van der Waals surface area contributed by atoms with Crippen LogP contribution in [0.2, 0.25) is 0 Å². The topological polar surface area (TPSA) is 56.9 Å². The molecule has 0 saturated heterocycles. The van der Waals surface area contributed by atoms with Crippen LogP contribution < -0.4 is 10.6 Å². The Morgan fingerprint density at radius 1 is 1.17 bits per heavy atom. The van der Waals surface area contributed by atoms with Gasteiger partial charge in [-0.2, -0.15) is 0 Å². The second-order valence-corrected chi connectivity index (χ2v) is 6.18. The smallest absolute Gasteiger partial charge is 0.241 e. The number of para-hydroxylation sites is 2. The number of carbonyl (C=O) groups excluding carboxylic acids is 1. The lowest BCUT2D eigenvalue weighted by Crippen LogP contribution is -2.46. The number of halogens is 1. The van der Waals surface area contributed by atoms with E-state index in [0.717, 1.165) is 22.2 Å². The predicted octanol–water partition coefficient (Wildman–Crippen LogP) is 3.52. The molecule has 2 unspecified atom stereocenters. The molecule has 4 nitrogen and oxygen atoms in total. The molecule has 0 aliphatic carbocycles. The van der Waals surface area contributed by atoms with E-state index >= 15 is 0 Å². The molecule has 2 atom stereocenters. The quantitative estimate of drug-likeness (QED) is 0.676. The van der Waals surface area contributed by atoms with Crippen LogP contribution in [0.4, 0.5) is 10.1 Å². The Bertz CT molecular complexity index is 918. The Kier molecular flexibility index (Phi) is 3.58. The zero-order valence-electron chi connectivity index (χ0n) is 13.3. The maximum atomic E-state index is 13.8. The first kappa shape index (κ1) is 14.9. The lowest BCUT2D eigenvalue weighted by Gasteiger charge is -2.28. The molecule has 1 aromatic heterocycles. The van der Waals surface area contributed by atoms with Crippen molar-refractivity contribution in [1.29, 1.82) is 0 Å². The number of hydrogen-bond acceptors (Lipinski definition) is 2. The Hall–Kier alpha value is -2.66. The molecule has 2 aromatic carbocycles. The molecule has 4 rings (SSSR count). The van der Waals surface area contributed by atoms with E-state index in [2.05, 4.69) is 21.7 Å². The van der Waals surface area contributed by atoms with Crippen molar-refractivity contribution in [3.05, 3.63) is 65.6 Å². The second kappa shape index (κ2) is 5.76. The summed E-state index contributed by atoms with van der Waals surface area (Å²) in [4.78, 5) is 16.0. The van der Waals surface area contributed by atoms with Crippen molar-refractivity contribution >= 4 is 22.5 Å². The highest BCUT2D eigenvalue weighted by Crippen LogP contribution is 2.31. The first-order valence-corrected chi connectivity index (χ1v) is 8.04. The van der Waals surface area contributed by atoms with Gasteiger partial charge in [0.1, 0.15) is 5.82 Å². The minimum absolute atomic E-state index is 0.0255. The summed E-state index contributed by atoms with van der Waals surface area (Å²) in [5, 5.41) is 7.14. The third-order valence-corrected chi connectivity index (χ3v) is 4.59. The summed E-state index contributed by atoms with van der Waals surface area (Å²) in [5.74, 6) is -0.648. The third kappa shape index (κ3) is 2.47. The molecule has 0 bridgehead atoms. The molecule has 5 heteroatoms. The molecule has 1 amide bonds. The number of aromatic amines is 1. The fraction of sp³-hybridized carbons (Fsp3) is 0.211. The van der Waals surface area contributed by atoms with Crippen molar-refractivity contribution in [2.45, 2.75) is 25.4 Å². The van der Waals surface area contributed by atoms with Crippen LogP contribution in [0, 0.1) is 5.82 Å². The molecular weight excluding hydrogens is 305 g/mol. The number of anilines is 1. The van der Waals surface area contributed by atoms with Crippen molar-refractivity contribution in [2.24, 2.45) is 0 Å². The van der Waals surface area contributed by atoms with Gasteiger partial charge in [0.2, 0.25) is 5.91 Å². The van der Waals surface area contributed by atoms with E-state index in [0.29, 0.717) is 6.42 Å². The molecule has 24 heavy (non-hydrogen) atoms. The minimum Gasteiger partial charge on any atom is -0.357 e. The number of amides is 1. The number of rotatable bonds is 2. The number of nitrogens with one attached hydrogen (secondary N) is 3. The number of H-pyrrole nitrogens is 1. The molecule has 0 fully saturated rings. The molecule has 1 aliphatic rings. The van der Waals surface area contributed by atoms with E-state index in [4.69, 9.17) is 0 Å². The van der Waals surface area contributed by atoms with Gasteiger partial charge in [-0.15, -0.1) is 0 Å². The minimum atomic E-state index is -0.428. The first-order valence-electron chi connectivity index (χ1n) is 8.04. The van der Waals surface area contributed by atoms with E-state index < -0.39 is 11.9 Å². The number of benzene rings is 2. The van der Waals surface area contributed by atoms with Crippen LogP contribution in [0.3, 0.4) is 0 Å². The zero-order chi connectivity index (χ0) is 16.7. The molecular formula is C19H18FN3O. The Morgan fingerprint density at radius 3 is 2.75 bits per heavy atom. The lowest BCUT2D eigenvalue weighted by molar-refractivity contribution is -0.118. The molecule has 3 N–H and O–H groups in total. The van der Waals surface area contributed by atoms with Gasteiger partial charge in [0.25, 0.3) is 0 Å². The maximum Gasteiger partial charge on any atom is 0.241 e. The van der Waals surface area contributed by atoms with E-state index in [-0.39, 0.29) is 17.6 Å². The highest BCUT2D eigenvalue weighted by molar-refractivity contribution is 5.96. The lowest BCUT2D eigenvalue weighted by atomic mass is 9.94. The molecule has 122 valence electrons. The van der Waals surface area contributed by atoms with Crippen LogP contribution in [0.25, 0.3) is 10.9 Å². The molecule has 0 radical (unpaired) electrons. The van der Waals surface area contributed by atoms with E-state index in [9.17, 15) is 9.18 Å². The van der Waals surface area contributed by atoms with E-state index in [1.807, 2.05) is 25.1 Å². The summed E-state index contributed by atoms with van der Waals surface area (Å²) >= 11 is 0.